The monoisotopic (exact) mass is 292 g/mol. The van der Waals surface area contributed by atoms with E-state index in [0.29, 0.717) is 5.02 Å². The minimum atomic E-state index is -3.75. The summed E-state index contributed by atoms with van der Waals surface area (Å²) in [7, 11) is 1.53. The van der Waals surface area contributed by atoms with Crippen LogP contribution < -0.4 is 0 Å². The molecule has 0 aliphatic rings. The first kappa shape index (κ1) is 11.9. The molecule has 6 heteroatoms. The van der Waals surface area contributed by atoms with Gasteiger partial charge in [0.05, 0.1) is 4.90 Å². The van der Waals surface area contributed by atoms with Crippen molar-refractivity contribution in [3.63, 3.8) is 0 Å². The Hall–Kier alpha value is -0.550. The van der Waals surface area contributed by atoms with Gasteiger partial charge in [0.1, 0.15) is 0 Å². The molecule has 1 aromatic heterocycles. The van der Waals surface area contributed by atoms with Crippen molar-refractivity contribution >= 4 is 42.7 Å². The van der Waals surface area contributed by atoms with Crippen LogP contribution in [0.3, 0.4) is 0 Å². The lowest BCUT2D eigenvalue weighted by atomic mass is 10.2. The fourth-order valence-corrected chi connectivity index (χ4v) is 3.11. The molecule has 1 aromatic carbocycles. The van der Waals surface area contributed by atoms with Crippen molar-refractivity contribution < 1.29 is 8.42 Å². The predicted octanol–water partition coefficient (Wildman–Crippen LogP) is 4.00. The highest BCUT2D eigenvalue weighted by Gasteiger charge is 2.13. The molecule has 16 heavy (non-hydrogen) atoms. The van der Waals surface area contributed by atoms with Crippen LogP contribution in [0.15, 0.2) is 40.6 Å². The van der Waals surface area contributed by atoms with E-state index < -0.39 is 9.05 Å². The number of hydrogen-bond acceptors (Lipinski definition) is 3. The van der Waals surface area contributed by atoms with Gasteiger partial charge in [-0.15, -0.1) is 11.3 Å². The minimum absolute atomic E-state index is 0.0186. The second-order valence-corrected chi connectivity index (χ2v) is 7.04. The van der Waals surface area contributed by atoms with Gasteiger partial charge in [-0.3, -0.25) is 0 Å². The standard InChI is InChI=1S/C10H6Cl2O2S2/c11-8-4-7(10-2-1-3-15-10)5-9(6-8)16(12,13)14/h1-6H. The van der Waals surface area contributed by atoms with Gasteiger partial charge >= 0.3 is 0 Å². The maximum absolute atomic E-state index is 11.2. The quantitative estimate of drug-likeness (QED) is 0.784. The second-order valence-electron chi connectivity index (χ2n) is 3.09. The average Bonchev–Trinajstić information content (AvgIpc) is 2.68. The van der Waals surface area contributed by atoms with Crippen molar-refractivity contribution in [1.82, 2.24) is 0 Å². The van der Waals surface area contributed by atoms with Crippen LogP contribution in [0.4, 0.5) is 0 Å². The van der Waals surface area contributed by atoms with E-state index in [4.69, 9.17) is 22.3 Å². The zero-order valence-electron chi connectivity index (χ0n) is 7.85. The first-order chi connectivity index (χ1) is 7.47. The van der Waals surface area contributed by atoms with Gasteiger partial charge in [-0.25, -0.2) is 8.42 Å². The van der Waals surface area contributed by atoms with Gasteiger partial charge in [-0.2, -0.15) is 0 Å². The molecule has 0 saturated carbocycles. The third-order valence-electron chi connectivity index (χ3n) is 1.96. The van der Waals surface area contributed by atoms with E-state index in [0.717, 1.165) is 10.4 Å². The van der Waals surface area contributed by atoms with Gasteiger partial charge in [0.15, 0.2) is 0 Å². The van der Waals surface area contributed by atoms with Crippen molar-refractivity contribution in [3.8, 4) is 10.4 Å². The fourth-order valence-electron chi connectivity index (χ4n) is 1.29. The predicted molar refractivity (Wildman–Crippen MR) is 67.8 cm³/mol. The number of thiophene rings is 1. The van der Waals surface area contributed by atoms with Crippen molar-refractivity contribution in [1.29, 1.82) is 0 Å². The summed E-state index contributed by atoms with van der Waals surface area (Å²) in [5, 5.41) is 2.26. The minimum Gasteiger partial charge on any atom is -0.207 e. The van der Waals surface area contributed by atoms with Crippen LogP contribution in [0.2, 0.25) is 5.02 Å². The summed E-state index contributed by atoms with van der Waals surface area (Å²) in [4.78, 5) is 0.967. The molecule has 0 fully saturated rings. The molecule has 0 atom stereocenters. The molecule has 0 N–H and O–H groups in total. The van der Waals surface area contributed by atoms with Crippen LogP contribution in [0.25, 0.3) is 10.4 Å². The van der Waals surface area contributed by atoms with Crippen molar-refractivity contribution in [3.05, 3.63) is 40.7 Å². The smallest absolute Gasteiger partial charge is 0.207 e. The molecule has 1 heterocycles. The van der Waals surface area contributed by atoms with Gasteiger partial charge in [0.2, 0.25) is 0 Å². The second kappa shape index (κ2) is 4.37. The average molecular weight is 293 g/mol. The van der Waals surface area contributed by atoms with Crippen LogP contribution in [-0.4, -0.2) is 8.42 Å². The normalized spacial score (nSPS) is 11.6. The lowest BCUT2D eigenvalue weighted by Crippen LogP contribution is -1.90. The van der Waals surface area contributed by atoms with E-state index >= 15 is 0 Å². The Morgan fingerprint density at radius 3 is 2.50 bits per heavy atom. The number of halogens is 2. The van der Waals surface area contributed by atoms with Crippen LogP contribution in [0.5, 0.6) is 0 Å². The molecule has 2 nitrogen and oxygen atoms in total. The zero-order chi connectivity index (χ0) is 11.8. The Kier molecular flexibility index (Phi) is 3.26. The Bertz CT molecular complexity index is 604. The van der Waals surface area contributed by atoms with Gasteiger partial charge in [0, 0.05) is 20.6 Å². The van der Waals surface area contributed by atoms with E-state index in [2.05, 4.69) is 0 Å². The van der Waals surface area contributed by atoms with Crippen LogP contribution in [0, 0.1) is 0 Å². The van der Waals surface area contributed by atoms with Gasteiger partial charge in [-0.05, 0) is 35.2 Å². The van der Waals surface area contributed by atoms with Crippen molar-refractivity contribution in [2.75, 3.05) is 0 Å². The molecular formula is C10H6Cl2O2S2. The van der Waals surface area contributed by atoms with Crippen LogP contribution >= 0.6 is 33.6 Å². The molecule has 0 saturated heterocycles. The molecule has 0 spiro atoms. The largest absolute Gasteiger partial charge is 0.261 e. The highest BCUT2D eigenvalue weighted by molar-refractivity contribution is 8.13. The van der Waals surface area contributed by atoms with Crippen molar-refractivity contribution in [2.24, 2.45) is 0 Å². The molecule has 2 aromatic rings. The van der Waals surface area contributed by atoms with Crippen LogP contribution in [-0.2, 0) is 9.05 Å². The lowest BCUT2D eigenvalue weighted by molar-refractivity contribution is 0.609. The molecule has 0 unspecified atom stereocenters. The van der Waals surface area contributed by atoms with E-state index in [1.807, 2.05) is 17.5 Å². The van der Waals surface area contributed by atoms with Gasteiger partial charge in [0.25, 0.3) is 9.05 Å². The summed E-state index contributed by atoms with van der Waals surface area (Å²) >= 11 is 7.36. The Morgan fingerprint density at radius 2 is 1.94 bits per heavy atom. The topological polar surface area (TPSA) is 34.1 Å². The molecule has 0 aliphatic carbocycles. The summed E-state index contributed by atoms with van der Waals surface area (Å²) in [5.74, 6) is 0. The summed E-state index contributed by atoms with van der Waals surface area (Å²) in [6.45, 7) is 0. The van der Waals surface area contributed by atoms with E-state index in [-0.39, 0.29) is 4.90 Å². The Labute approximate surface area is 107 Å². The summed E-state index contributed by atoms with van der Waals surface area (Å²) in [6.07, 6.45) is 0. The summed E-state index contributed by atoms with van der Waals surface area (Å²) in [5.41, 5.74) is 0.752. The third-order valence-corrected chi connectivity index (χ3v) is 4.43. The molecule has 0 bridgehead atoms. The Morgan fingerprint density at radius 1 is 1.19 bits per heavy atom. The molecule has 2 rings (SSSR count). The van der Waals surface area contributed by atoms with Gasteiger partial charge < -0.3 is 0 Å². The van der Waals surface area contributed by atoms with E-state index in [9.17, 15) is 8.42 Å². The highest BCUT2D eigenvalue weighted by Crippen LogP contribution is 2.30. The molecule has 0 amide bonds. The maximum atomic E-state index is 11.2. The number of hydrogen-bond donors (Lipinski definition) is 0. The Balaban J connectivity index is 2.62. The number of benzene rings is 1. The van der Waals surface area contributed by atoms with E-state index in [1.54, 1.807) is 6.07 Å². The lowest BCUT2D eigenvalue weighted by Gasteiger charge is -2.02. The first-order valence-electron chi connectivity index (χ1n) is 4.26. The third kappa shape index (κ3) is 2.58. The van der Waals surface area contributed by atoms with Crippen LogP contribution in [0.1, 0.15) is 0 Å². The maximum Gasteiger partial charge on any atom is 0.261 e. The van der Waals surface area contributed by atoms with Crippen molar-refractivity contribution in [2.45, 2.75) is 4.90 Å². The number of rotatable bonds is 2. The van der Waals surface area contributed by atoms with Gasteiger partial charge in [-0.1, -0.05) is 17.7 Å². The molecular weight excluding hydrogens is 287 g/mol. The SMILES string of the molecule is O=S(=O)(Cl)c1cc(Cl)cc(-c2cccs2)c1. The first-order valence-corrected chi connectivity index (χ1v) is 7.82. The highest BCUT2D eigenvalue weighted by atomic mass is 35.7. The molecule has 84 valence electrons. The fraction of sp³-hybridized carbons (Fsp3) is 0. The summed E-state index contributed by atoms with van der Waals surface area (Å²) < 4.78 is 22.4. The zero-order valence-corrected chi connectivity index (χ0v) is 11.0. The molecule has 0 radical (unpaired) electrons. The van der Waals surface area contributed by atoms with E-state index in [1.165, 1.54) is 23.5 Å². The summed E-state index contributed by atoms with van der Waals surface area (Å²) in [6, 6.07) is 8.33. The molecule has 0 aliphatic heterocycles.